The quantitative estimate of drug-likeness (QED) is 0.139. The van der Waals surface area contributed by atoms with Gasteiger partial charge in [-0.25, -0.2) is 0 Å². The Kier molecular flexibility index (Phi) is 9.73. The summed E-state index contributed by atoms with van der Waals surface area (Å²) in [5, 5.41) is 6.59. The molecule has 6 nitrogen and oxygen atoms in total. The zero-order valence-corrected chi connectivity index (χ0v) is 23.1. The van der Waals surface area contributed by atoms with E-state index in [1.165, 1.54) is 22.3 Å². The highest BCUT2D eigenvalue weighted by atomic mass is 16.5. The molecule has 0 heterocycles. The van der Waals surface area contributed by atoms with E-state index in [-0.39, 0.29) is 0 Å². The molecule has 0 bridgehead atoms. The Morgan fingerprint density at radius 1 is 0.487 bits per heavy atom. The van der Waals surface area contributed by atoms with Gasteiger partial charge in [-0.2, -0.15) is 9.98 Å². The lowest BCUT2D eigenvalue weighted by Gasteiger charge is -2.14. The number of amidine groups is 2. The Balaban J connectivity index is 1.38. The van der Waals surface area contributed by atoms with Crippen molar-refractivity contribution >= 4 is 34.8 Å². The number of nitrogens with one attached hydrogen (secondary N) is 2. The van der Waals surface area contributed by atoms with E-state index in [4.69, 9.17) is 9.47 Å². The molecule has 0 aliphatic heterocycles. The smallest absolute Gasteiger partial charge is 0.294 e. The van der Waals surface area contributed by atoms with E-state index in [0.717, 1.165) is 22.7 Å². The molecule has 0 saturated carbocycles. The van der Waals surface area contributed by atoms with Crippen LogP contribution in [0.25, 0.3) is 0 Å². The second kappa shape index (κ2) is 13.8. The van der Waals surface area contributed by atoms with Crippen LogP contribution in [0.3, 0.4) is 0 Å². The second-order valence-electron chi connectivity index (χ2n) is 9.54. The van der Waals surface area contributed by atoms with Gasteiger partial charge in [-0.3, -0.25) is 0 Å². The first-order chi connectivity index (χ1) is 18.9. The lowest BCUT2D eigenvalue weighted by atomic mass is 10.2. The first-order valence-electron chi connectivity index (χ1n) is 13.2. The predicted octanol–water partition coefficient (Wildman–Crippen LogP) is 8.24. The number of nitrogens with zero attached hydrogens (tertiary/aromatic N) is 2. The maximum atomic E-state index is 6.05. The molecular formula is C33H36N4O2. The molecule has 4 rings (SSSR count). The summed E-state index contributed by atoms with van der Waals surface area (Å²) < 4.78 is 12.1. The van der Waals surface area contributed by atoms with Crippen molar-refractivity contribution in [2.75, 3.05) is 23.8 Å². The second-order valence-corrected chi connectivity index (χ2v) is 9.54. The summed E-state index contributed by atoms with van der Waals surface area (Å²) in [7, 11) is 0. The van der Waals surface area contributed by atoms with Crippen LogP contribution in [0, 0.1) is 27.7 Å². The van der Waals surface area contributed by atoms with E-state index in [2.05, 4.69) is 72.6 Å². The van der Waals surface area contributed by atoms with Crippen LogP contribution in [0.1, 0.15) is 28.7 Å². The third-order valence-electron chi connectivity index (χ3n) is 5.90. The molecule has 2 N–H and O–H groups in total. The van der Waals surface area contributed by atoms with E-state index in [1.807, 2.05) is 72.8 Å². The molecule has 0 spiro atoms. The van der Waals surface area contributed by atoms with Crippen molar-refractivity contribution in [1.29, 1.82) is 0 Å². The standard InChI is InChI=1S/C33H36N4O2/c1-24-6-14-28(15-7-24)34-32(35-29-16-8-25(2)9-17-29)38-22-5-23-39-33(36-30-18-10-26(3)11-19-30)37-31-20-12-27(4)13-21-31/h6-21H,5,22-23H2,1-4H3,(H,34,35)(H,36,37). The van der Waals surface area contributed by atoms with E-state index in [0.29, 0.717) is 31.7 Å². The third kappa shape index (κ3) is 9.34. The first kappa shape index (κ1) is 27.5. The molecule has 0 aliphatic rings. The summed E-state index contributed by atoms with van der Waals surface area (Å²) in [4.78, 5) is 9.36. The predicted molar refractivity (Wildman–Crippen MR) is 163 cm³/mol. The Labute approximate surface area is 231 Å². The first-order valence-corrected chi connectivity index (χ1v) is 13.2. The van der Waals surface area contributed by atoms with Crippen LogP contribution in [0.2, 0.25) is 0 Å². The van der Waals surface area contributed by atoms with Crippen LogP contribution in [0.15, 0.2) is 107 Å². The van der Waals surface area contributed by atoms with Crippen molar-refractivity contribution in [3.63, 3.8) is 0 Å². The number of ether oxygens (including phenoxy) is 2. The summed E-state index contributed by atoms with van der Waals surface area (Å²) in [5.41, 5.74) is 8.22. The lowest BCUT2D eigenvalue weighted by Crippen LogP contribution is -2.20. The topological polar surface area (TPSA) is 67.2 Å². The fourth-order valence-electron chi connectivity index (χ4n) is 3.58. The number of benzene rings is 4. The Bertz CT molecular complexity index is 1270. The van der Waals surface area contributed by atoms with Crippen molar-refractivity contribution in [2.24, 2.45) is 9.98 Å². The van der Waals surface area contributed by atoms with Gasteiger partial charge in [0.25, 0.3) is 12.0 Å². The number of rotatable bonds is 8. The maximum absolute atomic E-state index is 6.05. The van der Waals surface area contributed by atoms with Crippen LogP contribution in [-0.2, 0) is 9.47 Å². The van der Waals surface area contributed by atoms with Gasteiger partial charge in [-0.1, -0.05) is 70.8 Å². The van der Waals surface area contributed by atoms with Gasteiger partial charge < -0.3 is 20.1 Å². The highest BCUT2D eigenvalue weighted by molar-refractivity contribution is 5.91. The number of hydrogen-bond donors (Lipinski definition) is 2. The minimum Gasteiger partial charge on any atom is -0.465 e. The number of aryl methyl sites for hydroxylation is 4. The Morgan fingerprint density at radius 2 is 0.795 bits per heavy atom. The van der Waals surface area contributed by atoms with Gasteiger partial charge >= 0.3 is 0 Å². The van der Waals surface area contributed by atoms with Gasteiger partial charge in [-0.15, -0.1) is 0 Å². The van der Waals surface area contributed by atoms with Crippen LogP contribution in [-0.4, -0.2) is 25.3 Å². The monoisotopic (exact) mass is 520 g/mol. The molecule has 0 fully saturated rings. The van der Waals surface area contributed by atoms with Gasteiger partial charge in [-0.05, 0) is 76.2 Å². The van der Waals surface area contributed by atoms with Gasteiger partial charge in [0.2, 0.25) is 0 Å². The van der Waals surface area contributed by atoms with Crippen LogP contribution >= 0.6 is 0 Å². The molecule has 4 aromatic carbocycles. The van der Waals surface area contributed by atoms with E-state index in [1.54, 1.807) is 0 Å². The minimum atomic E-state index is 0.423. The van der Waals surface area contributed by atoms with Gasteiger partial charge in [0, 0.05) is 17.8 Å². The fourth-order valence-corrected chi connectivity index (χ4v) is 3.58. The molecule has 0 saturated heterocycles. The molecule has 6 heteroatoms. The average molecular weight is 521 g/mol. The third-order valence-corrected chi connectivity index (χ3v) is 5.90. The van der Waals surface area contributed by atoms with Gasteiger partial charge in [0.1, 0.15) is 0 Å². The van der Waals surface area contributed by atoms with Crippen molar-refractivity contribution < 1.29 is 9.47 Å². The normalized spacial score (nSPS) is 11.7. The molecule has 200 valence electrons. The zero-order valence-electron chi connectivity index (χ0n) is 23.1. The number of anilines is 2. The molecule has 0 atom stereocenters. The Morgan fingerprint density at radius 3 is 1.13 bits per heavy atom. The maximum Gasteiger partial charge on any atom is 0.294 e. The highest BCUT2D eigenvalue weighted by Gasteiger charge is 2.06. The van der Waals surface area contributed by atoms with E-state index < -0.39 is 0 Å². The number of aliphatic imine (C=N–C) groups is 2. The minimum absolute atomic E-state index is 0.423. The molecule has 0 aromatic heterocycles. The summed E-state index contributed by atoms with van der Waals surface area (Å²) >= 11 is 0. The van der Waals surface area contributed by atoms with Gasteiger partial charge in [0.15, 0.2) is 0 Å². The van der Waals surface area contributed by atoms with E-state index in [9.17, 15) is 0 Å². The van der Waals surface area contributed by atoms with Gasteiger partial charge in [0.05, 0.1) is 24.6 Å². The highest BCUT2D eigenvalue weighted by Crippen LogP contribution is 2.17. The zero-order chi connectivity index (χ0) is 27.5. The number of hydrogen-bond acceptors (Lipinski definition) is 4. The van der Waals surface area contributed by atoms with Crippen LogP contribution in [0.5, 0.6) is 0 Å². The van der Waals surface area contributed by atoms with Crippen LogP contribution < -0.4 is 10.6 Å². The summed E-state index contributed by atoms with van der Waals surface area (Å²) in [6.07, 6.45) is 0.644. The molecule has 0 unspecified atom stereocenters. The summed E-state index contributed by atoms with van der Waals surface area (Å²) in [6.45, 7) is 9.08. The van der Waals surface area contributed by atoms with E-state index >= 15 is 0 Å². The summed E-state index contributed by atoms with van der Waals surface area (Å²) in [5.74, 6) is 0. The van der Waals surface area contributed by atoms with Crippen molar-refractivity contribution in [3.8, 4) is 0 Å². The van der Waals surface area contributed by atoms with Crippen molar-refractivity contribution in [3.05, 3.63) is 119 Å². The van der Waals surface area contributed by atoms with Crippen LogP contribution in [0.4, 0.5) is 22.7 Å². The molecule has 4 aromatic rings. The van der Waals surface area contributed by atoms with Crippen molar-refractivity contribution in [1.82, 2.24) is 0 Å². The molecule has 0 aliphatic carbocycles. The molecular weight excluding hydrogens is 484 g/mol. The largest absolute Gasteiger partial charge is 0.465 e. The lowest BCUT2D eigenvalue weighted by molar-refractivity contribution is 0.233. The average Bonchev–Trinajstić information content (AvgIpc) is 2.93. The summed E-state index contributed by atoms with van der Waals surface area (Å²) in [6, 6.07) is 33.2. The molecule has 0 amide bonds. The Hall–Kier alpha value is -4.58. The molecule has 39 heavy (non-hydrogen) atoms. The fraction of sp³-hybridized carbons (Fsp3) is 0.212. The SMILES string of the molecule is Cc1ccc(N=C(Nc2ccc(C)cc2)OCCCOC(=Nc2ccc(C)cc2)Nc2ccc(C)cc2)cc1. The van der Waals surface area contributed by atoms with Crippen molar-refractivity contribution in [2.45, 2.75) is 34.1 Å². The molecule has 0 radical (unpaired) electrons.